The molecule has 1 saturated heterocycles. The van der Waals surface area contributed by atoms with Crippen LogP contribution in [0, 0.1) is 12.7 Å². The number of rotatable bonds is 4. The molecule has 4 rings (SSSR count). The molecule has 2 heterocycles. The van der Waals surface area contributed by atoms with E-state index in [9.17, 15) is 9.18 Å². The Bertz CT molecular complexity index is 1090. The zero-order valence-corrected chi connectivity index (χ0v) is 17.9. The van der Waals surface area contributed by atoms with Crippen LogP contribution in [0.3, 0.4) is 0 Å². The van der Waals surface area contributed by atoms with Crippen LogP contribution in [0.25, 0.3) is 5.69 Å². The van der Waals surface area contributed by atoms with Crippen molar-refractivity contribution >= 4 is 34.8 Å². The van der Waals surface area contributed by atoms with Gasteiger partial charge in [-0.1, -0.05) is 29.3 Å². The molecule has 0 saturated carbocycles. The third-order valence-electron chi connectivity index (χ3n) is 5.09. The lowest BCUT2D eigenvalue weighted by Gasteiger charge is -2.24. The minimum atomic E-state index is -0.356. The summed E-state index contributed by atoms with van der Waals surface area (Å²) in [5.74, 6) is 0.289. The summed E-state index contributed by atoms with van der Waals surface area (Å²) in [4.78, 5) is 20.3. The molecular weight excluding hydrogens is 428 g/mol. The number of aryl methyl sites for hydroxylation is 1. The van der Waals surface area contributed by atoms with Gasteiger partial charge in [-0.05, 0) is 36.8 Å². The van der Waals surface area contributed by atoms with Crippen LogP contribution in [-0.2, 0) is 11.3 Å². The number of hydrogen-bond acceptors (Lipinski definition) is 4. The van der Waals surface area contributed by atoms with Crippen molar-refractivity contribution < 1.29 is 9.18 Å². The Balaban J connectivity index is 1.48. The van der Waals surface area contributed by atoms with E-state index < -0.39 is 0 Å². The molecule has 1 aromatic heterocycles. The van der Waals surface area contributed by atoms with E-state index >= 15 is 0 Å². The predicted octanol–water partition coefficient (Wildman–Crippen LogP) is 4.26. The molecule has 1 aliphatic rings. The van der Waals surface area contributed by atoms with Crippen molar-refractivity contribution in [3.63, 3.8) is 0 Å². The maximum atomic E-state index is 14.9. The minimum absolute atomic E-state index is 0.0266. The van der Waals surface area contributed by atoms with Crippen LogP contribution in [0.1, 0.15) is 17.8 Å². The van der Waals surface area contributed by atoms with Crippen LogP contribution >= 0.6 is 23.2 Å². The highest BCUT2D eigenvalue weighted by molar-refractivity contribution is 6.42. The summed E-state index contributed by atoms with van der Waals surface area (Å²) in [5, 5.41) is 5.15. The SMILES string of the molecule is Cc1ncn(-c2ccc(N3CCC(=O)N(Cc4ccc(Cl)c(Cl)c4)CC3)c(F)c2)n1. The summed E-state index contributed by atoms with van der Waals surface area (Å²) in [6.07, 6.45) is 1.86. The van der Waals surface area contributed by atoms with Gasteiger partial charge < -0.3 is 9.80 Å². The number of nitrogens with zero attached hydrogens (tertiary/aromatic N) is 5. The van der Waals surface area contributed by atoms with Gasteiger partial charge in [-0.25, -0.2) is 14.1 Å². The van der Waals surface area contributed by atoms with Crippen LogP contribution in [-0.4, -0.2) is 45.2 Å². The summed E-state index contributed by atoms with van der Waals surface area (Å²) in [7, 11) is 0. The first-order chi connectivity index (χ1) is 14.4. The number of carbonyl (C=O) groups is 1. The second-order valence-electron chi connectivity index (χ2n) is 7.17. The van der Waals surface area contributed by atoms with E-state index in [0.717, 1.165) is 5.56 Å². The molecule has 0 atom stereocenters. The van der Waals surface area contributed by atoms with Gasteiger partial charge in [0.2, 0.25) is 5.91 Å². The molecule has 2 aromatic carbocycles. The third-order valence-corrected chi connectivity index (χ3v) is 5.83. The summed E-state index contributed by atoms with van der Waals surface area (Å²) in [6, 6.07) is 10.3. The molecule has 6 nitrogen and oxygen atoms in total. The van der Waals surface area contributed by atoms with Gasteiger partial charge >= 0.3 is 0 Å². The lowest BCUT2D eigenvalue weighted by atomic mass is 10.2. The fraction of sp³-hybridized carbons (Fsp3) is 0.286. The van der Waals surface area contributed by atoms with Crippen LogP contribution in [0.4, 0.5) is 10.1 Å². The summed E-state index contributed by atoms with van der Waals surface area (Å²) in [6.45, 7) is 3.69. The summed E-state index contributed by atoms with van der Waals surface area (Å²) >= 11 is 12.1. The van der Waals surface area contributed by atoms with E-state index in [1.54, 1.807) is 42.4 Å². The Morgan fingerprint density at radius 2 is 1.90 bits per heavy atom. The number of halogens is 3. The van der Waals surface area contributed by atoms with E-state index in [0.29, 0.717) is 59.8 Å². The summed E-state index contributed by atoms with van der Waals surface area (Å²) < 4.78 is 16.4. The number of carbonyl (C=O) groups excluding carboxylic acids is 1. The third kappa shape index (κ3) is 4.42. The Labute approximate surface area is 183 Å². The van der Waals surface area contributed by atoms with E-state index in [1.807, 2.05) is 11.0 Å². The maximum Gasteiger partial charge on any atom is 0.224 e. The number of benzene rings is 2. The second kappa shape index (κ2) is 8.62. The van der Waals surface area contributed by atoms with Gasteiger partial charge in [0.15, 0.2) is 0 Å². The van der Waals surface area contributed by atoms with Crippen molar-refractivity contribution in [3.8, 4) is 5.69 Å². The van der Waals surface area contributed by atoms with E-state index in [1.165, 1.54) is 10.7 Å². The molecule has 0 N–H and O–H groups in total. The van der Waals surface area contributed by atoms with E-state index in [-0.39, 0.29) is 11.7 Å². The minimum Gasteiger partial charge on any atom is -0.367 e. The number of hydrogen-bond donors (Lipinski definition) is 0. The second-order valence-corrected chi connectivity index (χ2v) is 7.99. The van der Waals surface area contributed by atoms with E-state index in [4.69, 9.17) is 23.2 Å². The van der Waals surface area contributed by atoms with Crippen LogP contribution in [0.5, 0.6) is 0 Å². The fourth-order valence-corrected chi connectivity index (χ4v) is 3.82. The van der Waals surface area contributed by atoms with Gasteiger partial charge in [0, 0.05) is 38.7 Å². The molecule has 156 valence electrons. The molecule has 1 amide bonds. The molecule has 0 radical (unpaired) electrons. The normalized spacial score (nSPS) is 14.9. The molecule has 0 aliphatic carbocycles. The Morgan fingerprint density at radius 1 is 1.07 bits per heavy atom. The highest BCUT2D eigenvalue weighted by Gasteiger charge is 2.23. The van der Waals surface area contributed by atoms with Crippen LogP contribution < -0.4 is 4.90 Å². The molecular formula is C21H20Cl2FN5O. The van der Waals surface area contributed by atoms with Crippen molar-refractivity contribution in [1.82, 2.24) is 19.7 Å². The first-order valence-corrected chi connectivity index (χ1v) is 10.3. The van der Waals surface area contributed by atoms with Gasteiger partial charge in [-0.15, -0.1) is 0 Å². The van der Waals surface area contributed by atoms with Gasteiger partial charge in [-0.2, -0.15) is 5.10 Å². The molecule has 9 heteroatoms. The zero-order chi connectivity index (χ0) is 21.3. The maximum absolute atomic E-state index is 14.9. The highest BCUT2D eigenvalue weighted by atomic mass is 35.5. The standard InChI is InChI=1S/C21H20Cl2FN5O/c1-14-25-13-29(26-14)16-3-5-20(19(24)11-16)27-7-6-21(30)28(9-8-27)12-15-2-4-17(22)18(23)10-15/h2-5,10-11,13H,6-9,12H2,1H3. The van der Waals surface area contributed by atoms with Crippen molar-refractivity contribution in [2.75, 3.05) is 24.5 Å². The Hall–Kier alpha value is -2.64. The smallest absolute Gasteiger partial charge is 0.224 e. The molecule has 0 spiro atoms. The Morgan fingerprint density at radius 3 is 2.60 bits per heavy atom. The van der Waals surface area contributed by atoms with Gasteiger partial charge in [-0.3, -0.25) is 4.79 Å². The molecule has 0 unspecified atom stereocenters. The quantitative estimate of drug-likeness (QED) is 0.599. The molecule has 3 aromatic rings. The highest BCUT2D eigenvalue weighted by Crippen LogP contribution is 2.26. The van der Waals surface area contributed by atoms with Crippen molar-refractivity contribution in [3.05, 3.63) is 70.0 Å². The zero-order valence-electron chi connectivity index (χ0n) is 16.4. The van der Waals surface area contributed by atoms with Crippen molar-refractivity contribution in [2.24, 2.45) is 0 Å². The number of aromatic nitrogens is 3. The molecule has 0 bridgehead atoms. The molecule has 30 heavy (non-hydrogen) atoms. The lowest BCUT2D eigenvalue weighted by molar-refractivity contribution is -0.130. The first kappa shape index (κ1) is 20.6. The first-order valence-electron chi connectivity index (χ1n) is 9.55. The Kier molecular flexibility index (Phi) is 5.92. The topological polar surface area (TPSA) is 54.3 Å². The van der Waals surface area contributed by atoms with Gasteiger partial charge in [0.1, 0.15) is 18.0 Å². The average molecular weight is 448 g/mol. The molecule has 1 fully saturated rings. The number of amides is 1. The van der Waals surface area contributed by atoms with E-state index in [2.05, 4.69) is 10.1 Å². The van der Waals surface area contributed by atoms with Crippen LogP contribution in [0.2, 0.25) is 10.0 Å². The fourth-order valence-electron chi connectivity index (χ4n) is 3.50. The molecule has 1 aliphatic heterocycles. The number of anilines is 1. The lowest BCUT2D eigenvalue weighted by Crippen LogP contribution is -2.33. The average Bonchev–Trinajstić information content (AvgIpc) is 3.08. The monoisotopic (exact) mass is 447 g/mol. The van der Waals surface area contributed by atoms with Crippen LogP contribution in [0.15, 0.2) is 42.7 Å². The summed E-state index contributed by atoms with van der Waals surface area (Å²) in [5.41, 5.74) is 1.98. The van der Waals surface area contributed by atoms with Crippen molar-refractivity contribution in [1.29, 1.82) is 0 Å². The van der Waals surface area contributed by atoms with Gasteiger partial charge in [0.25, 0.3) is 0 Å². The predicted molar refractivity (Wildman–Crippen MR) is 115 cm³/mol. The largest absolute Gasteiger partial charge is 0.367 e. The van der Waals surface area contributed by atoms with Gasteiger partial charge in [0.05, 0.1) is 21.4 Å². The van der Waals surface area contributed by atoms with Crippen molar-refractivity contribution in [2.45, 2.75) is 19.9 Å².